The predicted molar refractivity (Wildman–Crippen MR) is 154 cm³/mol. The number of nitro benzene ring substituents is 1. The first-order chi connectivity index (χ1) is 19.0. The van der Waals surface area contributed by atoms with Crippen LogP contribution in [0.1, 0.15) is 12.5 Å². The molecule has 192 valence electrons. The van der Waals surface area contributed by atoms with E-state index in [0.717, 1.165) is 26.7 Å². The van der Waals surface area contributed by atoms with Gasteiger partial charge >= 0.3 is 0 Å². The maximum Gasteiger partial charge on any atom is 0.270 e. The molecule has 39 heavy (non-hydrogen) atoms. The minimum atomic E-state index is -0.450. The van der Waals surface area contributed by atoms with Gasteiger partial charge in [-0.1, -0.05) is 54.2 Å². The van der Waals surface area contributed by atoms with Crippen LogP contribution in [0, 0.1) is 15.9 Å². The van der Waals surface area contributed by atoms with Crippen molar-refractivity contribution in [1.29, 1.82) is 0 Å². The van der Waals surface area contributed by atoms with Gasteiger partial charge in [0, 0.05) is 32.9 Å². The maximum atomic E-state index is 14.5. The van der Waals surface area contributed by atoms with E-state index >= 15 is 0 Å². The number of hydrogen-bond acceptors (Lipinski definition) is 7. The van der Waals surface area contributed by atoms with Gasteiger partial charge in [0.05, 0.1) is 27.7 Å². The second-order valence-corrected chi connectivity index (χ2v) is 10.6. The highest BCUT2D eigenvalue weighted by molar-refractivity contribution is 7.99. The van der Waals surface area contributed by atoms with Crippen molar-refractivity contribution in [2.24, 2.45) is 10.1 Å². The average Bonchev–Trinajstić information content (AvgIpc) is 3.34. The number of aromatic nitrogens is 1. The molecule has 1 aliphatic heterocycles. The molecule has 0 amide bonds. The van der Waals surface area contributed by atoms with Crippen LogP contribution >= 0.6 is 23.1 Å². The summed E-state index contributed by atoms with van der Waals surface area (Å²) in [5.41, 5.74) is 4.98. The molecule has 0 bridgehead atoms. The number of fused-ring (bicyclic) bond motifs is 2. The van der Waals surface area contributed by atoms with Gasteiger partial charge in [0.1, 0.15) is 11.5 Å². The van der Waals surface area contributed by atoms with E-state index in [4.69, 9.17) is 5.10 Å². The van der Waals surface area contributed by atoms with Gasteiger partial charge in [-0.15, -0.1) is 11.3 Å². The molecule has 1 aromatic heterocycles. The molecule has 0 saturated carbocycles. The standard InChI is InChI=1S/C29H20FN5O2S2/c1-18(19-13-14-28-25(16-19)31-24-11-4-5-12-27(24)39-28)33-34-26(20-7-6-8-21(15-20)35(36)37)17-38-29(34)32-23-10-3-2-9-22(23)30/h2-17,31H,1H3. The largest absolute Gasteiger partial charge is 0.354 e. The van der Waals surface area contributed by atoms with E-state index in [1.54, 1.807) is 46.8 Å². The molecule has 0 saturated heterocycles. The number of hydrogen-bond donors (Lipinski definition) is 1. The average molecular weight is 554 g/mol. The Bertz CT molecular complexity index is 1840. The number of anilines is 2. The van der Waals surface area contributed by atoms with E-state index in [9.17, 15) is 14.5 Å². The van der Waals surface area contributed by atoms with Crippen molar-refractivity contribution in [2.45, 2.75) is 16.7 Å². The fourth-order valence-electron chi connectivity index (χ4n) is 4.17. The summed E-state index contributed by atoms with van der Waals surface area (Å²) in [6, 6.07) is 26.9. The van der Waals surface area contributed by atoms with Crippen molar-refractivity contribution in [3.8, 4) is 11.3 Å². The zero-order valence-electron chi connectivity index (χ0n) is 20.5. The summed E-state index contributed by atoms with van der Waals surface area (Å²) in [6.07, 6.45) is 0. The molecule has 0 atom stereocenters. The maximum absolute atomic E-state index is 14.5. The molecule has 6 rings (SSSR count). The molecule has 0 spiro atoms. The number of nitrogens with zero attached hydrogens (tertiary/aromatic N) is 4. The Kier molecular flexibility index (Phi) is 6.55. The molecule has 2 heterocycles. The molecule has 7 nitrogen and oxygen atoms in total. The van der Waals surface area contributed by atoms with E-state index in [1.807, 2.05) is 42.6 Å². The highest BCUT2D eigenvalue weighted by Crippen LogP contribution is 2.44. The highest BCUT2D eigenvalue weighted by atomic mass is 32.2. The number of halogens is 1. The molecular weight excluding hydrogens is 533 g/mol. The van der Waals surface area contributed by atoms with Gasteiger partial charge in [0.2, 0.25) is 4.80 Å². The molecule has 4 aromatic carbocycles. The predicted octanol–water partition coefficient (Wildman–Crippen LogP) is 7.98. The Labute approximate surface area is 231 Å². The van der Waals surface area contributed by atoms with E-state index in [-0.39, 0.29) is 11.4 Å². The van der Waals surface area contributed by atoms with Gasteiger partial charge in [0.25, 0.3) is 5.69 Å². The lowest BCUT2D eigenvalue weighted by Crippen LogP contribution is -2.14. The second kappa shape index (κ2) is 10.3. The first-order valence-electron chi connectivity index (χ1n) is 11.9. The SMILES string of the molecule is CC(=Nn1c(-c2cccc([N+](=O)[O-])c2)csc1=Nc1ccccc1F)c1ccc2c(c1)Nc1ccccc1S2. The number of thiazole rings is 1. The lowest BCUT2D eigenvalue weighted by atomic mass is 10.1. The summed E-state index contributed by atoms with van der Waals surface area (Å²) in [5.74, 6) is -0.450. The molecule has 10 heteroatoms. The van der Waals surface area contributed by atoms with Crippen molar-refractivity contribution in [1.82, 2.24) is 4.68 Å². The minimum absolute atomic E-state index is 0.0305. The Hall–Kier alpha value is -4.54. The number of non-ortho nitro benzene ring substituents is 1. The number of benzene rings is 4. The topological polar surface area (TPSA) is 84.8 Å². The van der Waals surface area contributed by atoms with E-state index < -0.39 is 10.7 Å². The highest BCUT2D eigenvalue weighted by Gasteiger charge is 2.17. The Morgan fingerprint density at radius 1 is 0.949 bits per heavy atom. The van der Waals surface area contributed by atoms with Gasteiger partial charge < -0.3 is 5.32 Å². The minimum Gasteiger partial charge on any atom is -0.354 e. The first-order valence-corrected chi connectivity index (χ1v) is 13.6. The number of para-hydroxylation sites is 2. The number of nitrogens with one attached hydrogen (secondary N) is 1. The molecule has 0 radical (unpaired) electrons. The Morgan fingerprint density at radius 3 is 2.59 bits per heavy atom. The molecule has 1 N–H and O–H groups in total. The van der Waals surface area contributed by atoms with Crippen molar-refractivity contribution < 1.29 is 9.31 Å². The summed E-state index contributed by atoms with van der Waals surface area (Å²) < 4.78 is 16.1. The fraction of sp³-hybridized carbons (Fsp3) is 0.0345. The van der Waals surface area contributed by atoms with Crippen molar-refractivity contribution in [3.63, 3.8) is 0 Å². The normalized spacial score (nSPS) is 13.0. The summed E-state index contributed by atoms with van der Waals surface area (Å²) in [5, 5.41) is 21.6. The van der Waals surface area contributed by atoms with Crippen LogP contribution in [0.3, 0.4) is 0 Å². The third-order valence-corrected chi connectivity index (χ3v) is 8.10. The Morgan fingerprint density at radius 2 is 1.74 bits per heavy atom. The van der Waals surface area contributed by atoms with Crippen LogP contribution in [0.5, 0.6) is 0 Å². The summed E-state index contributed by atoms with van der Waals surface area (Å²) in [7, 11) is 0. The summed E-state index contributed by atoms with van der Waals surface area (Å²) in [6.45, 7) is 1.89. The van der Waals surface area contributed by atoms with Gasteiger partial charge in [0.15, 0.2) is 0 Å². The molecule has 0 unspecified atom stereocenters. The number of nitro groups is 1. The quantitative estimate of drug-likeness (QED) is 0.133. The van der Waals surface area contributed by atoms with Gasteiger partial charge in [-0.25, -0.2) is 14.1 Å². The van der Waals surface area contributed by atoms with Crippen LogP contribution in [0.25, 0.3) is 11.3 Å². The fourth-order valence-corrected chi connectivity index (χ4v) is 5.98. The van der Waals surface area contributed by atoms with Crippen LogP contribution in [0.2, 0.25) is 0 Å². The first kappa shape index (κ1) is 24.8. The summed E-state index contributed by atoms with van der Waals surface area (Å²) in [4.78, 5) is 18.2. The lowest BCUT2D eigenvalue weighted by Gasteiger charge is -2.21. The molecule has 0 fully saturated rings. The van der Waals surface area contributed by atoms with Crippen LogP contribution in [-0.4, -0.2) is 15.3 Å². The third-order valence-electron chi connectivity index (χ3n) is 6.13. The molecule has 0 aliphatic carbocycles. The van der Waals surface area contributed by atoms with Crippen LogP contribution in [0.4, 0.5) is 27.1 Å². The van der Waals surface area contributed by atoms with Crippen molar-refractivity contribution in [3.05, 3.63) is 123 Å². The zero-order valence-corrected chi connectivity index (χ0v) is 22.2. The van der Waals surface area contributed by atoms with Crippen LogP contribution in [0.15, 0.2) is 116 Å². The van der Waals surface area contributed by atoms with Gasteiger partial charge in [-0.2, -0.15) is 5.10 Å². The van der Waals surface area contributed by atoms with E-state index in [1.165, 1.54) is 29.5 Å². The van der Waals surface area contributed by atoms with Gasteiger partial charge in [-0.05, 0) is 48.9 Å². The second-order valence-electron chi connectivity index (χ2n) is 8.71. The smallest absolute Gasteiger partial charge is 0.270 e. The van der Waals surface area contributed by atoms with Crippen molar-refractivity contribution in [2.75, 3.05) is 5.32 Å². The van der Waals surface area contributed by atoms with Crippen LogP contribution in [-0.2, 0) is 0 Å². The third kappa shape index (κ3) is 4.99. The molecule has 1 aliphatic rings. The number of rotatable bonds is 5. The summed E-state index contributed by atoms with van der Waals surface area (Å²) >= 11 is 2.98. The van der Waals surface area contributed by atoms with E-state index in [0.29, 0.717) is 21.8 Å². The lowest BCUT2D eigenvalue weighted by molar-refractivity contribution is -0.384. The van der Waals surface area contributed by atoms with E-state index in [2.05, 4.69) is 22.4 Å². The molecule has 5 aromatic rings. The van der Waals surface area contributed by atoms with Crippen molar-refractivity contribution >= 4 is 51.6 Å². The molecular formula is C29H20FN5O2S2. The van der Waals surface area contributed by atoms with Crippen LogP contribution < -0.4 is 10.1 Å². The zero-order chi connectivity index (χ0) is 26.9. The van der Waals surface area contributed by atoms with Gasteiger partial charge in [-0.3, -0.25) is 10.1 Å². The Balaban J connectivity index is 1.46. The monoisotopic (exact) mass is 553 g/mol.